The summed E-state index contributed by atoms with van der Waals surface area (Å²) in [7, 11) is 0. The average molecular weight is 156 g/mol. The van der Waals surface area contributed by atoms with E-state index in [4.69, 9.17) is 5.11 Å². The fourth-order valence-electron chi connectivity index (χ4n) is 0.751. The molecule has 1 fully saturated rings. The molecule has 58 valence electrons. The molecule has 0 bridgehead atoms. The van der Waals surface area contributed by atoms with Crippen LogP contribution in [-0.2, 0) is 19.2 Å². The Morgan fingerprint density at radius 1 is 1.09 bits per heavy atom. The van der Waals surface area contributed by atoms with Gasteiger partial charge in [-0.15, -0.1) is 0 Å². The predicted molar refractivity (Wildman–Crippen MR) is 30.7 cm³/mol. The minimum atomic E-state index is -1.62. The minimum absolute atomic E-state index is 0.566. The van der Waals surface area contributed by atoms with E-state index in [-0.39, 0.29) is 0 Å². The lowest BCUT2D eigenvalue weighted by atomic mass is 9.93. The number of aliphatic hydroxyl groups is 1. The second-order valence-electron chi connectivity index (χ2n) is 2.17. The van der Waals surface area contributed by atoms with Gasteiger partial charge in [-0.1, -0.05) is 0 Å². The van der Waals surface area contributed by atoms with Gasteiger partial charge in [0.2, 0.25) is 11.6 Å². The third-order valence-electron chi connectivity index (χ3n) is 1.36. The maximum absolute atomic E-state index is 10.5. The van der Waals surface area contributed by atoms with E-state index in [1.165, 1.54) is 0 Å². The van der Waals surface area contributed by atoms with Crippen LogP contribution in [0.1, 0.15) is 6.42 Å². The van der Waals surface area contributed by atoms with Crippen LogP contribution in [-0.4, -0.2) is 34.3 Å². The van der Waals surface area contributed by atoms with E-state index in [0.29, 0.717) is 0 Å². The lowest BCUT2D eigenvalue weighted by Gasteiger charge is -2.10. The van der Waals surface area contributed by atoms with Crippen LogP contribution in [0.5, 0.6) is 0 Å². The van der Waals surface area contributed by atoms with E-state index in [1.807, 2.05) is 0 Å². The van der Waals surface area contributed by atoms with Gasteiger partial charge in [-0.2, -0.15) is 0 Å². The number of carbonyl (C=O) groups is 4. The molecule has 0 radical (unpaired) electrons. The maximum Gasteiger partial charge on any atom is 0.274 e. The summed E-state index contributed by atoms with van der Waals surface area (Å²) in [5.41, 5.74) is 0. The fourth-order valence-corrected chi connectivity index (χ4v) is 0.751. The van der Waals surface area contributed by atoms with Crippen LogP contribution < -0.4 is 0 Å². The highest BCUT2D eigenvalue weighted by Crippen LogP contribution is 2.04. The zero-order valence-electron chi connectivity index (χ0n) is 5.36. The first-order valence-electron chi connectivity index (χ1n) is 2.88. The summed E-state index contributed by atoms with van der Waals surface area (Å²) < 4.78 is 0. The van der Waals surface area contributed by atoms with E-state index in [9.17, 15) is 19.2 Å². The summed E-state index contributed by atoms with van der Waals surface area (Å²) in [5.74, 6) is -4.91. The van der Waals surface area contributed by atoms with Crippen LogP contribution in [0.15, 0.2) is 0 Å². The Labute approximate surface area is 61.0 Å². The summed E-state index contributed by atoms with van der Waals surface area (Å²) in [6.45, 7) is 0. The highest BCUT2D eigenvalue weighted by atomic mass is 16.3. The Kier molecular flexibility index (Phi) is 1.66. The topological polar surface area (TPSA) is 88.5 Å². The highest BCUT2D eigenvalue weighted by molar-refractivity contribution is 6.80. The lowest BCUT2D eigenvalue weighted by molar-refractivity contribution is -0.155. The van der Waals surface area contributed by atoms with Crippen molar-refractivity contribution in [2.75, 3.05) is 0 Å². The third-order valence-corrected chi connectivity index (χ3v) is 1.36. The zero-order valence-corrected chi connectivity index (χ0v) is 5.36. The van der Waals surface area contributed by atoms with Gasteiger partial charge >= 0.3 is 0 Å². The summed E-state index contributed by atoms with van der Waals surface area (Å²) in [4.78, 5) is 41.9. The lowest BCUT2D eigenvalue weighted by Crippen LogP contribution is -2.44. The quantitative estimate of drug-likeness (QED) is 0.411. The van der Waals surface area contributed by atoms with Crippen molar-refractivity contribution in [3.8, 4) is 0 Å². The monoisotopic (exact) mass is 156 g/mol. The molecule has 0 saturated heterocycles. The van der Waals surface area contributed by atoms with Crippen molar-refractivity contribution in [1.82, 2.24) is 0 Å². The first kappa shape index (κ1) is 7.74. The number of Topliss-reactive ketones (excluding diaryl/α,β-unsaturated/α-hetero) is 4. The molecule has 1 aliphatic rings. The van der Waals surface area contributed by atoms with Gasteiger partial charge in [-0.05, 0) is 0 Å². The van der Waals surface area contributed by atoms with E-state index < -0.39 is 35.7 Å². The smallest absolute Gasteiger partial charge is 0.274 e. The van der Waals surface area contributed by atoms with E-state index in [2.05, 4.69) is 0 Å². The molecule has 0 heterocycles. The molecule has 0 spiro atoms. The summed E-state index contributed by atoms with van der Waals surface area (Å²) in [6.07, 6.45) is -2.18. The minimum Gasteiger partial charge on any atom is -0.384 e. The molecule has 1 aliphatic carbocycles. The van der Waals surface area contributed by atoms with Gasteiger partial charge in [0.05, 0.1) is 0 Å². The molecular formula is C6H4O5. The second-order valence-corrected chi connectivity index (χ2v) is 2.17. The van der Waals surface area contributed by atoms with Gasteiger partial charge in [0.15, 0.2) is 0 Å². The van der Waals surface area contributed by atoms with Gasteiger partial charge < -0.3 is 5.11 Å². The van der Waals surface area contributed by atoms with Crippen LogP contribution in [0.25, 0.3) is 0 Å². The molecule has 1 N–H and O–H groups in total. The van der Waals surface area contributed by atoms with Gasteiger partial charge in [0.25, 0.3) is 11.6 Å². The Balaban J connectivity index is 2.97. The van der Waals surface area contributed by atoms with Crippen molar-refractivity contribution in [3.05, 3.63) is 0 Å². The van der Waals surface area contributed by atoms with Gasteiger partial charge in [-0.25, -0.2) is 0 Å². The molecule has 5 nitrogen and oxygen atoms in total. The third kappa shape index (κ3) is 1.10. The Morgan fingerprint density at radius 2 is 1.64 bits per heavy atom. The molecular weight excluding hydrogens is 152 g/mol. The first-order valence-corrected chi connectivity index (χ1v) is 2.88. The molecule has 1 saturated carbocycles. The van der Waals surface area contributed by atoms with Gasteiger partial charge in [0.1, 0.15) is 6.10 Å². The SMILES string of the molecule is O=C1CC(O)C(=O)C(=O)C1=O. The van der Waals surface area contributed by atoms with Gasteiger partial charge in [-0.3, -0.25) is 19.2 Å². The van der Waals surface area contributed by atoms with E-state index in [0.717, 1.165) is 0 Å². The second kappa shape index (κ2) is 2.35. The van der Waals surface area contributed by atoms with Gasteiger partial charge in [0, 0.05) is 6.42 Å². The largest absolute Gasteiger partial charge is 0.384 e. The zero-order chi connectivity index (χ0) is 8.59. The molecule has 0 aromatic rings. The van der Waals surface area contributed by atoms with E-state index in [1.54, 1.807) is 0 Å². The number of hydrogen-bond donors (Lipinski definition) is 1. The molecule has 1 atom stereocenters. The van der Waals surface area contributed by atoms with Crippen LogP contribution in [0.3, 0.4) is 0 Å². The van der Waals surface area contributed by atoms with Crippen LogP contribution in [0.4, 0.5) is 0 Å². The number of carbonyl (C=O) groups excluding carboxylic acids is 4. The predicted octanol–water partition coefficient (Wildman–Crippen LogP) is -1.97. The normalized spacial score (nSPS) is 26.1. The summed E-state index contributed by atoms with van der Waals surface area (Å²) >= 11 is 0. The average Bonchev–Trinajstić information content (AvgIpc) is 1.97. The number of hydrogen-bond acceptors (Lipinski definition) is 5. The number of rotatable bonds is 0. The Bertz CT molecular complexity index is 264. The summed E-state index contributed by atoms with van der Waals surface area (Å²) in [6, 6.07) is 0. The molecule has 11 heavy (non-hydrogen) atoms. The fraction of sp³-hybridized carbons (Fsp3) is 0.333. The maximum atomic E-state index is 10.5. The molecule has 0 aromatic heterocycles. The molecule has 1 rings (SSSR count). The number of aliphatic hydroxyl groups excluding tert-OH is 1. The van der Waals surface area contributed by atoms with Crippen molar-refractivity contribution in [3.63, 3.8) is 0 Å². The van der Waals surface area contributed by atoms with Crippen LogP contribution >= 0.6 is 0 Å². The molecule has 1 unspecified atom stereocenters. The number of ketones is 4. The molecule has 5 heteroatoms. The van der Waals surface area contributed by atoms with Crippen molar-refractivity contribution in [1.29, 1.82) is 0 Å². The first-order chi connectivity index (χ1) is 5.04. The van der Waals surface area contributed by atoms with Crippen LogP contribution in [0.2, 0.25) is 0 Å². The summed E-state index contributed by atoms with van der Waals surface area (Å²) in [5, 5.41) is 8.69. The van der Waals surface area contributed by atoms with Crippen molar-refractivity contribution >= 4 is 23.1 Å². The van der Waals surface area contributed by atoms with E-state index >= 15 is 0 Å². The molecule has 0 aliphatic heterocycles. The standard InChI is InChI=1S/C6H4O5/c7-2-1-3(8)5(10)6(11)4(2)9/h2,7H,1H2. The van der Waals surface area contributed by atoms with Crippen molar-refractivity contribution < 1.29 is 24.3 Å². The van der Waals surface area contributed by atoms with Crippen molar-refractivity contribution in [2.45, 2.75) is 12.5 Å². The Hall–Kier alpha value is -1.36. The van der Waals surface area contributed by atoms with Crippen LogP contribution in [0, 0.1) is 0 Å². The molecule has 0 aromatic carbocycles. The van der Waals surface area contributed by atoms with Crippen molar-refractivity contribution in [2.24, 2.45) is 0 Å². The highest BCUT2D eigenvalue weighted by Gasteiger charge is 2.40. The Morgan fingerprint density at radius 3 is 2.18 bits per heavy atom. The molecule has 0 amide bonds.